The van der Waals surface area contributed by atoms with E-state index in [2.05, 4.69) is 15.2 Å². The number of hydrogen-bond acceptors (Lipinski definition) is 5. The SMILES string of the molecule is Cc1noc(C)c1S(=O)(=O)NCCC(=O)NC[C@H](C)c1ccccc1. The summed E-state index contributed by atoms with van der Waals surface area (Å²) in [5.74, 6) is 0.208. The van der Waals surface area contributed by atoms with Crippen LogP contribution >= 0.6 is 0 Å². The van der Waals surface area contributed by atoms with Gasteiger partial charge in [-0.2, -0.15) is 0 Å². The second-order valence-corrected chi connectivity index (χ2v) is 7.62. The minimum absolute atomic E-state index is 0.0118. The number of aromatic nitrogens is 1. The van der Waals surface area contributed by atoms with Crippen LogP contribution in [-0.2, 0) is 14.8 Å². The van der Waals surface area contributed by atoms with Crippen molar-refractivity contribution in [2.24, 2.45) is 0 Å². The van der Waals surface area contributed by atoms with Gasteiger partial charge in [0.1, 0.15) is 10.6 Å². The monoisotopic (exact) mass is 365 g/mol. The molecule has 0 aliphatic heterocycles. The van der Waals surface area contributed by atoms with E-state index in [1.807, 2.05) is 37.3 Å². The fourth-order valence-corrected chi connectivity index (χ4v) is 3.84. The molecule has 1 aromatic heterocycles. The lowest BCUT2D eigenvalue weighted by molar-refractivity contribution is -0.120. The van der Waals surface area contributed by atoms with Crippen molar-refractivity contribution in [3.8, 4) is 0 Å². The Morgan fingerprint density at radius 1 is 1.24 bits per heavy atom. The molecule has 0 saturated heterocycles. The Morgan fingerprint density at radius 3 is 2.52 bits per heavy atom. The number of sulfonamides is 1. The van der Waals surface area contributed by atoms with Gasteiger partial charge in [0, 0.05) is 19.5 Å². The van der Waals surface area contributed by atoms with Crippen molar-refractivity contribution in [2.75, 3.05) is 13.1 Å². The van der Waals surface area contributed by atoms with E-state index in [4.69, 9.17) is 4.52 Å². The summed E-state index contributed by atoms with van der Waals surface area (Å²) in [6, 6.07) is 9.87. The quantitative estimate of drug-likeness (QED) is 0.744. The van der Waals surface area contributed by atoms with Gasteiger partial charge in [0.2, 0.25) is 15.9 Å². The lowest BCUT2D eigenvalue weighted by Crippen LogP contribution is -2.32. The van der Waals surface area contributed by atoms with Gasteiger partial charge in [-0.15, -0.1) is 0 Å². The average Bonchev–Trinajstić information content (AvgIpc) is 2.92. The maximum Gasteiger partial charge on any atom is 0.245 e. The lowest BCUT2D eigenvalue weighted by atomic mass is 10.0. The lowest BCUT2D eigenvalue weighted by Gasteiger charge is -2.13. The minimum atomic E-state index is -3.73. The van der Waals surface area contributed by atoms with E-state index in [-0.39, 0.29) is 35.4 Å². The molecule has 2 rings (SSSR count). The number of amides is 1. The average molecular weight is 365 g/mol. The first-order valence-electron chi connectivity index (χ1n) is 8.05. The van der Waals surface area contributed by atoms with Gasteiger partial charge >= 0.3 is 0 Å². The molecule has 0 bridgehead atoms. The molecule has 25 heavy (non-hydrogen) atoms. The normalized spacial score (nSPS) is 12.8. The van der Waals surface area contributed by atoms with E-state index < -0.39 is 10.0 Å². The molecule has 2 aromatic rings. The van der Waals surface area contributed by atoms with Crippen LogP contribution in [0.25, 0.3) is 0 Å². The number of hydrogen-bond donors (Lipinski definition) is 2. The predicted molar refractivity (Wildman–Crippen MR) is 93.6 cm³/mol. The molecule has 1 atom stereocenters. The van der Waals surface area contributed by atoms with E-state index in [0.717, 1.165) is 5.56 Å². The summed E-state index contributed by atoms with van der Waals surface area (Å²) in [5, 5.41) is 6.45. The largest absolute Gasteiger partial charge is 0.360 e. The smallest absolute Gasteiger partial charge is 0.245 e. The first kappa shape index (κ1) is 19.1. The highest BCUT2D eigenvalue weighted by atomic mass is 32.2. The summed E-state index contributed by atoms with van der Waals surface area (Å²) in [6.07, 6.45) is 0.0596. The number of carbonyl (C=O) groups excluding carboxylic acids is 1. The zero-order chi connectivity index (χ0) is 18.4. The summed E-state index contributed by atoms with van der Waals surface area (Å²) in [5.41, 5.74) is 1.44. The summed E-state index contributed by atoms with van der Waals surface area (Å²) >= 11 is 0. The van der Waals surface area contributed by atoms with Crippen LogP contribution in [0.15, 0.2) is 39.8 Å². The molecule has 8 heteroatoms. The standard InChI is InChI=1S/C17H23N3O4S/c1-12(15-7-5-4-6-8-15)11-18-16(21)9-10-19-25(22,23)17-13(2)20-24-14(17)3/h4-8,12,19H,9-11H2,1-3H3,(H,18,21)/t12-/m0/s1. The topological polar surface area (TPSA) is 101 Å². The maximum atomic E-state index is 12.2. The predicted octanol–water partition coefficient (Wildman–Crippen LogP) is 1.88. The molecule has 0 radical (unpaired) electrons. The summed E-state index contributed by atoms with van der Waals surface area (Å²) in [7, 11) is -3.73. The number of nitrogens with zero attached hydrogens (tertiary/aromatic N) is 1. The number of carbonyl (C=O) groups is 1. The molecule has 0 aliphatic rings. The molecular weight excluding hydrogens is 342 g/mol. The Hall–Kier alpha value is -2.19. The van der Waals surface area contributed by atoms with Crippen LogP contribution in [0.1, 0.15) is 36.3 Å². The second kappa shape index (κ2) is 8.26. The Kier molecular flexibility index (Phi) is 6.33. The van der Waals surface area contributed by atoms with Crippen LogP contribution in [0, 0.1) is 13.8 Å². The molecule has 2 N–H and O–H groups in total. The number of rotatable bonds is 8. The molecule has 0 spiro atoms. The third-order valence-corrected chi connectivity index (χ3v) is 5.56. The van der Waals surface area contributed by atoms with Gasteiger partial charge in [-0.25, -0.2) is 13.1 Å². The highest BCUT2D eigenvalue weighted by Crippen LogP contribution is 2.18. The van der Waals surface area contributed by atoms with Crippen molar-refractivity contribution in [3.05, 3.63) is 47.3 Å². The summed E-state index contributed by atoms with van der Waals surface area (Å²) in [4.78, 5) is 11.9. The van der Waals surface area contributed by atoms with Gasteiger partial charge in [0.15, 0.2) is 5.76 Å². The van der Waals surface area contributed by atoms with Crippen molar-refractivity contribution in [3.63, 3.8) is 0 Å². The Labute approximate surface area is 147 Å². The van der Waals surface area contributed by atoms with Gasteiger partial charge in [-0.1, -0.05) is 42.4 Å². The highest BCUT2D eigenvalue weighted by Gasteiger charge is 2.23. The van der Waals surface area contributed by atoms with Crippen molar-refractivity contribution in [1.82, 2.24) is 15.2 Å². The molecule has 136 valence electrons. The van der Waals surface area contributed by atoms with Crippen LogP contribution < -0.4 is 10.0 Å². The minimum Gasteiger partial charge on any atom is -0.360 e. The molecule has 0 saturated carbocycles. The zero-order valence-corrected chi connectivity index (χ0v) is 15.4. The third-order valence-electron chi connectivity index (χ3n) is 3.85. The van der Waals surface area contributed by atoms with E-state index in [1.165, 1.54) is 6.92 Å². The maximum absolute atomic E-state index is 12.2. The highest BCUT2D eigenvalue weighted by molar-refractivity contribution is 7.89. The van der Waals surface area contributed by atoms with Crippen LogP contribution in [0.2, 0.25) is 0 Å². The Balaban J connectivity index is 1.79. The van der Waals surface area contributed by atoms with Crippen LogP contribution in [0.5, 0.6) is 0 Å². The summed E-state index contributed by atoms with van der Waals surface area (Å²) in [6.45, 7) is 5.63. The number of benzene rings is 1. The molecular formula is C17H23N3O4S. The molecule has 0 unspecified atom stereocenters. The van der Waals surface area contributed by atoms with Crippen molar-refractivity contribution in [2.45, 2.75) is 38.0 Å². The molecule has 0 fully saturated rings. The Bertz CT molecular complexity index is 796. The molecule has 7 nitrogen and oxygen atoms in total. The molecule has 1 aromatic carbocycles. The molecule has 1 amide bonds. The number of aryl methyl sites for hydroxylation is 2. The van der Waals surface area contributed by atoms with Gasteiger partial charge in [0.25, 0.3) is 0 Å². The fraction of sp³-hybridized carbons (Fsp3) is 0.412. The molecule has 0 aliphatic carbocycles. The number of nitrogens with one attached hydrogen (secondary N) is 2. The fourth-order valence-electron chi connectivity index (χ4n) is 2.48. The third kappa shape index (κ3) is 5.14. The van der Waals surface area contributed by atoms with Crippen LogP contribution in [0.3, 0.4) is 0 Å². The second-order valence-electron chi connectivity index (χ2n) is 5.92. The van der Waals surface area contributed by atoms with E-state index in [9.17, 15) is 13.2 Å². The van der Waals surface area contributed by atoms with Gasteiger partial charge < -0.3 is 9.84 Å². The van der Waals surface area contributed by atoms with Gasteiger partial charge in [0.05, 0.1) is 0 Å². The van der Waals surface area contributed by atoms with Gasteiger partial charge in [-0.3, -0.25) is 4.79 Å². The van der Waals surface area contributed by atoms with Crippen LogP contribution in [0.4, 0.5) is 0 Å². The van der Waals surface area contributed by atoms with Gasteiger partial charge in [-0.05, 0) is 25.3 Å². The van der Waals surface area contributed by atoms with E-state index >= 15 is 0 Å². The van der Waals surface area contributed by atoms with Crippen molar-refractivity contribution >= 4 is 15.9 Å². The molecule has 1 heterocycles. The first-order valence-corrected chi connectivity index (χ1v) is 9.53. The van der Waals surface area contributed by atoms with Crippen molar-refractivity contribution in [1.29, 1.82) is 0 Å². The van der Waals surface area contributed by atoms with Crippen LogP contribution in [-0.4, -0.2) is 32.6 Å². The van der Waals surface area contributed by atoms with Crippen molar-refractivity contribution < 1.29 is 17.7 Å². The first-order chi connectivity index (χ1) is 11.8. The van der Waals surface area contributed by atoms with E-state index in [0.29, 0.717) is 12.2 Å². The Morgan fingerprint density at radius 2 is 1.92 bits per heavy atom. The van der Waals surface area contributed by atoms with E-state index in [1.54, 1.807) is 6.92 Å². The zero-order valence-electron chi connectivity index (χ0n) is 14.6. The summed E-state index contributed by atoms with van der Waals surface area (Å²) < 4.78 is 31.7.